The van der Waals surface area contributed by atoms with Crippen LogP contribution in [0.4, 0.5) is 0 Å². The van der Waals surface area contributed by atoms with Gasteiger partial charge >= 0.3 is 5.97 Å². The number of aromatic amines is 1. The van der Waals surface area contributed by atoms with Gasteiger partial charge in [-0.25, -0.2) is 4.79 Å². The predicted molar refractivity (Wildman–Crippen MR) is 87.6 cm³/mol. The molecule has 0 radical (unpaired) electrons. The van der Waals surface area contributed by atoms with Crippen molar-refractivity contribution in [1.82, 2.24) is 9.88 Å². The van der Waals surface area contributed by atoms with E-state index in [1.54, 1.807) is 12.1 Å². The fraction of sp³-hybridized carbons (Fsp3) is 0.176. The van der Waals surface area contributed by atoms with Crippen LogP contribution in [0.25, 0.3) is 10.9 Å². The molecule has 0 fully saturated rings. The highest BCUT2D eigenvalue weighted by molar-refractivity contribution is 7.12. The molecule has 1 aliphatic heterocycles. The Morgan fingerprint density at radius 3 is 2.78 bits per heavy atom. The molecule has 2 aromatic heterocycles. The lowest BCUT2D eigenvalue weighted by Gasteiger charge is -2.32. The van der Waals surface area contributed by atoms with Gasteiger partial charge in [0, 0.05) is 23.0 Å². The number of nitrogens with one attached hydrogen (secondary N) is 1. The molecule has 1 aromatic carbocycles. The molecule has 1 aliphatic rings. The fourth-order valence-electron chi connectivity index (χ4n) is 3.18. The van der Waals surface area contributed by atoms with Crippen LogP contribution in [0.3, 0.4) is 0 Å². The summed E-state index contributed by atoms with van der Waals surface area (Å²) in [5.74, 6) is -1.19. The zero-order valence-electron chi connectivity index (χ0n) is 12.2. The Labute approximate surface area is 136 Å². The largest absolute Gasteiger partial charge is 0.480 e. The van der Waals surface area contributed by atoms with E-state index in [9.17, 15) is 14.7 Å². The summed E-state index contributed by atoms with van der Waals surface area (Å²) in [7, 11) is 0. The number of thiophene rings is 1. The molecule has 0 saturated heterocycles. The molecule has 0 aliphatic carbocycles. The maximum Gasteiger partial charge on any atom is 0.326 e. The van der Waals surface area contributed by atoms with Crippen LogP contribution in [0.2, 0.25) is 0 Å². The minimum Gasteiger partial charge on any atom is -0.480 e. The van der Waals surface area contributed by atoms with Gasteiger partial charge in [0.15, 0.2) is 0 Å². The molecule has 3 aromatic rings. The lowest BCUT2D eigenvalue weighted by atomic mass is 9.96. The normalized spacial score (nSPS) is 17.2. The fourth-order valence-corrected chi connectivity index (χ4v) is 3.86. The van der Waals surface area contributed by atoms with Gasteiger partial charge in [0.25, 0.3) is 5.91 Å². The highest BCUT2D eigenvalue weighted by Crippen LogP contribution is 2.31. The summed E-state index contributed by atoms with van der Waals surface area (Å²) in [6.45, 7) is 0.289. The number of para-hydroxylation sites is 1. The van der Waals surface area contributed by atoms with Gasteiger partial charge in [0.2, 0.25) is 0 Å². The van der Waals surface area contributed by atoms with Crippen molar-refractivity contribution in [3.05, 3.63) is 57.9 Å². The third-order valence-electron chi connectivity index (χ3n) is 4.28. The zero-order chi connectivity index (χ0) is 16.0. The average Bonchev–Trinajstić information content (AvgIpc) is 3.20. The molecule has 23 heavy (non-hydrogen) atoms. The Balaban J connectivity index is 1.78. The predicted octanol–water partition coefficient (Wildman–Crippen LogP) is 2.88. The van der Waals surface area contributed by atoms with Gasteiger partial charge in [-0.05, 0) is 23.1 Å². The van der Waals surface area contributed by atoms with Gasteiger partial charge in [-0.1, -0.05) is 24.3 Å². The molecule has 6 heteroatoms. The number of aliphatic carboxylic acids is 1. The van der Waals surface area contributed by atoms with E-state index in [1.165, 1.54) is 16.2 Å². The Morgan fingerprint density at radius 2 is 2.04 bits per heavy atom. The Morgan fingerprint density at radius 1 is 1.22 bits per heavy atom. The number of benzene rings is 1. The third kappa shape index (κ3) is 2.22. The first-order valence-electron chi connectivity index (χ1n) is 7.31. The molecule has 1 unspecified atom stereocenters. The van der Waals surface area contributed by atoms with Gasteiger partial charge in [-0.2, -0.15) is 0 Å². The molecular weight excluding hydrogens is 312 g/mol. The van der Waals surface area contributed by atoms with Crippen molar-refractivity contribution in [2.75, 3.05) is 0 Å². The number of hydrogen-bond donors (Lipinski definition) is 2. The van der Waals surface area contributed by atoms with Crippen molar-refractivity contribution in [3.63, 3.8) is 0 Å². The number of aromatic nitrogens is 1. The number of carboxylic acid groups (broad SMARTS) is 1. The van der Waals surface area contributed by atoms with Crippen molar-refractivity contribution in [2.45, 2.75) is 19.0 Å². The van der Waals surface area contributed by atoms with Crippen LogP contribution < -0.4 is 0 Å². The molecular formula is C17H14N2O3S. The molecule has 0 saturated carbocycles. The second-order valence-corrected chi connectivity index (χ2v) is 6.54. The van der Waals surface area contributed by atoms with E-state index in [0.29, 0.717) is 11.3 Å². The van der Waals surface area contributed by atoms with Crippen molar-refractivity contribution >= 4 is 34.1 Å². The summed E-state index contributed by atoms with van der Waals surface area (Å²) in [5, 5.41) is 12.4. The van der Waals surface area contributed by atoms with E-state index in [-0.39, 0.29) is 12.5 Å². The first-order valence-corrected chi connectivity index (χ1v) is 8.19. The first-order chi connectivity index (χ1) is 11.1. The summed E-state index contributed by atoms with van der Waals surface area (Å²) < 4.78 is 0. The third-order valence-corrected chi connectivity index (χ3v) is 5.14. The molecule has 3 heterocycles. The van der Waals surface area contributed by atoms with Crippen LogP contribution >= 0.6 is 11.3 Å². The van der Waals surface area contributed by atoms with Crippen LogP contribution in [0.15, 0.2) is 41.8 Å². The number of amides is 1. The number of nitrogens with zero attached hydrogens (tertiary/aromatic N) is 1. The summed E-state index contributed by atoms with van der Waals surface area (Å²) in [6.07, 6.45) is 0.325. The monoisotopic (exact) mass is 326 g/mol. The van der Waals surface area contributed by atoms with E-state index in [4.69, 9.17) is 0 Å². The molecule has 4 rings (SSSR count). The van der Waals surface area contributed by atoms with Gasteiger partial charge in [0.05, 0.1) is 11.4 Å². The van der Waals surface area contributed by atoms with Gasteiger partial charge in [0.1, 0.15) is 6.04 Å². The van der Waals surface area contributed by atoms with Crippen LogP contribution in [-0.2, 0) is 17.8 Å². The zero-order valence-corrected chi connectivity index (χ0v) is 13.0. The number of hydrogen-bond acceptors (Lipinski definition) is 3. The summed E-state index contributed by atoms with van der Waals surface area (Å²) in [5.41, 5.74) is 2.91. The lowest BCUT2D eigenvalue weighted by Crippen LogP contribution is -2.48. The van der Waals surface area contributed by atoms with Gasteiger partial charge in [-0.3, -0.25) is 4.79 Å². The molecule has 0 spiro atoms. The summed E-state index contributed by atoms with van der Waals surface area (Å²) >= 11 is 1.33. The molecule has 1 amide bonds. The Kier molecular flexibility index (Phi) is 3.20. The van der Waals surface area contributed by atoms with Gasteiger partial charge < -0.3 is 15.0 Å². The molecule has 116 valence electrons. The number of carboxylic acids is 1. The van der Waals surface area contributed by atoms with Crippen molar-refractivity contribution in [2.24, 2.45) is 0 Å². The van der Waals surface area contributed by atoms with Crippen molar-refractivity contribution in [1.29, 1.82) is 0 Å². The van der Waals surface area contributed by atoms with E-state index in [0.717, 1.165) is 22.2 Å². The highest BCUT2D eigenvalue weighted by atomic mass is 32.1. The Hall–Kier alpha value is -2.60. The van der Waals surface area contributed by atoms with E-state index >= 15 is 0 Å². The second kappa shape index (κ2) is 5.24. The number of rotatable bonds is 2. The summed E-state index contributed by atoms with van der Waals surface area (Å²) in [4.78, 5) is 29.7. The molecule has 2 N–H and O–H groups in total. The van der Waals surface area contributed by atoms with E-state index < -0.39 is 12.0 Å². The lowest BCUT2D eigenvalue weighted by molar-refractivity contribution is -0.142. The topological polar surface area (TPSA) is 73.4 Å². The van der Waals surface area contributed by atoms with Crippen molar-refractivity contribution in [3.8, 4) is 0 Å². The average molecular weight is 326 g/mol. The molecule has 5 nitrogen and oxygen atoms in total. The number of carbonyl (C=O) groups is 2. The van der Waals surface area contributed by atoms with E-state index in [2.05, 4.69) is 4.98 Å². The SMILES string of the molecule is O=C(O)C1Cc2c([nH]c3ccccc23)CN1C(=O)c1cccs1. The van der Waals surface area contributed by atoms with E-state index in [1.807, 2.05) is 29.6 Å². The number of H-pyrrole nitrogens is 1. The first kappa shape index (κ1) is 14.0. The standard InChI is InChI=1S/C17H14N2O3S/c20-16(15-6-3-7-23-15)19-9-13-11(8-14(19)17(21)22)10-4-1-2-5-12(10)18-13/h1-7,14,18H,8-9H2,(H,21,22). The van der Waals surface area contributed by atoms with Crippen LogP contribution in [-0.4, -0.2) is 32.9 Å². The smallest absolute Gasteiger partial charge is 0.326 e. The maximum atomic E-state index is 12.7. The molecule has 0 bridgehead atoms. The minimum absolute atomic E-state index is 0.225. The number of carbonyl (C=O) groups excluding carboxylic acids is 1. The maximum absolute atomic E-state index is 12.7. The minimum atomic E-state index is -0.967. The Bertz CT molecular complexity index is 898. The van der Waals surface area contributed by atoms with Crippen molar-refractivity contribution < 1.29 is 14.7 Å². The summed E-state index contributed by atoms with van der Waals surface area (Å²) in [6, 6.07) is 10.5. The second-order valence-electron chi connectivity index (χ2n) is 5.60. The van der Waals surface area contributed by atoms with Gasteiger partial charge in [-0.15, -0.1) is 11.3 Å². The quantitative estimate of drug-likeness (QED) is 0.760. The van der Waals surface area contributed by atoms with Crippen LogP contribution in [0.1, 0.15) is 20.9 Å². The molecule has 1 atom stereocenters. The number of fused-ring (bicyclic) bond motifs is 3. The van der Waals surface area contributed by atoms with Crippen LogP contribution in [0, 0.1) is 0 Å². The van der Waals surface area contributed by atoms with Crippen LogP contribution in [0.5, 0.6) is 0 Å². The highest BCUT2D eigenvalue weighted by Gasteiger charge is 2.36.